The quantitative estimate of drug-likeness (QED) is 0.485. The van der Waals surface area contributed by atoms with E-state index in [9.17, 15) is 4.79 Å². The van der Waals surface area contributed by atoms with Crippen molar-refractivity contribution in [2.45, 2.75) is 24.0 Å². The van der Waals surface area contributed by atoms with Crippen LogP contribution in [0.5, 0.6) is 0 Å². The summed E-state index contributed by atoms with van der Waals surface area (Å²) < 4.78 is 0. The summed E-state index contributed by atoms with van der Waals surface area (Å²) in [7, 11) is 0. The summed E-state index contributed by atoms with van der Waals surface area (Å²) in [4.78, 5) is 12.7. The zero-order valence-electron chi connectivity index (χ0n) is 9.99. The van der Waals surface area contributed by atoms with Gasteiger partial charge in [-0.1, -0.05) is 12.0 Å². The molecule has 1 aromatic carbocycles. The highest BCUT2D eigenvalue weighted by Gasteiger charge is 2.14. The number of carbonyl (C=O) groups is 1. The molecule has 1 atom stereocenters. The number of amides is 1. The van der Waals surface area contributed by atoms with Crippen LogP contribution in [0.3, 0.4) is 0 Å². The first-order chi connectivity index (χ1) is 8.04. The number of anilines is 1. The van der Waals surface area contributed by atoms with Crippen LogP contribution in [-0.2, 0) is 4.79 Å². The van der Waals surface area contributed by atoms with E-state index < -0.39 is 0 Å². The fourth-order valence-electron chi connectivity index (χ4n) is 1.27. The molecule has 3 nitrogen and oxygen atoms in total. The molecular weight excluding hydrogens is 232 g/mol. The van der Waals surface area contributed by atoms with Gasteiger partial charge in [0.1, 0.15) is 0 Å². The third-order valence-electron chi connectivity index (χ3n) is 2.25. The van der Waals surface area contributed by atoms with Crippen LogP contribution in [0, 0.1) is 19.3 Å². The van der Waals surface area contributed by atoms with E-state index in [1.807, 2.05) is 32.0 Å². The van der Waals surface area contributed by atoms with Crippen LogP contribution in [-0.4, -0.2) is 17.7 Å². The first-order valence-electron chi connectivity index (χ1n) is 5.28. The molecule has 17 heavy (non-hydrogen) atoms. The van der Waals surface area contributed by atoms with E-state index >= 15 is 0 Å². The maximum absolute atomic E-state index is 11.6. The Morgan fingerprint density at radius 1 is 1.65 bits per heavy atom. The highest BCUT2D eigenvalue weighted by Crippen LogP contribution is 2.28. The summed E-state index contributed by atoms with van der Waals surface area (Å²) in [6.07, 6.45) is 5.09. The van der Waals surface area contributed by atoms with Crippen LogP contribution >= 0.6 is 11.8 Å². The Labute approximate surface area is 106 Å². The molecular formula is C13H16N2OS. The van der Waals surface area contributed by atoms with Crippen molar-refractivity contribution in [2.75, 3.05) is 12.3 Å². The molecule has 1 unspecified atom stereocenters. The topological polar surface area (TPSA) is 55.1 Å². The summed E-state index contributed by atoms with van der Waals surface area (Å²) in [6.45, 7) is 4.10. The molecule has 0 aliphatic carbocycles. The van der Waals surface area contributed by atoms with Gasteiger partial charge in [0.25, 0.3) is 0 Å². The minimum atomic E-state index is -0.191. The summed E-state index contributed by atoms with van der Waals surface area (Å²) in [6, 6.07) is 5.68. The van der Waals surface area contributed by atoms with Crippen LogP contribution in [0.4, 0.5) is 5.69 Å². The maximum Gasteiger partial charge on any atom is 0.233 e. The number of thioether (sulfide) groups is 1. The van der Waals surface area contributed by atoms with Crippen molar-refractivity contribution in [3.8, 4) is 12.3 Å². The lowest BCUT2D eigenvalue weighted by Crippen LogP contribution is -2.31. The summed E-state index contributed by atoms with van der Waals surface area (Å²) >= 11 is 1.48. The van der Waals surface area contributed by atoms with E-state index in [2.05, 4.69) is 11.2 Å². The van der Waals surface area contributed by atoms with Gasteiger partial charge >= 0.3 is 0 Å². The Kier molecular flexibility index (Phi) is 4.92. The number of terminal acetylenes is 1. The Morgan fingerprint density at radius 2 is 2.35 bits per heavy atom. The van der Waals surface area contributed by atoms with Gasteiger partial charge in [-0.25, -0.2) is 0 Å². The second-order valence-electron chi connectivity index (χ2n) is 3.71. The predicted molar refractivity (Wildman–Crippen MR) is 72.8 cm³/mol. The molecule has 0 aliphatic rings. The van der Waals surface area contributed by atoms with E-state index in [-0.39, 0.29) is 17.7 Å². The number of hydrogen-bond acceptors (Lipinski definition) is 3. The normalized spacial score (nSPS) is 11.6. The number of nitrogens with two attached hydrogens (primary N) is 1. The minimum Gasteiger partial charge on any atom is -0.399 e. The first kappa shape index (κ1) is 13.5. The molecule has 1 amide bonds. The Morgan fingerprint density at radius 3 is 3.00 bits per heavy atom. The van der Waals surface area contributed by atoms with Gasteiger partial charge in [0.05, 0.1) is 11.8 Å². The smallest absolute Gasteiger partial charge is 0.233 e. The Balaban J connectivity index is 2.67. The summed E-state index contributed by atoms with van der Waals surface area (Å²) in [5, 5.41) is 2.47. The van der Waals surface area contributed by atoms with Crippen molar-refractivity contribution in [1.82, 2.24) is 5.32 Å². The number of carbonyl (C=O) groups excluding carboxylic acids is 1. The SMILES string of the molecule is C#CCNC(=O)C(C)Sc1cc(N)ccc1C. The average Bonchev–Trinajstić information content (AvgIpc) is 2.30. The highest BCUT2D eigenvalue weighted by atomic mass is 32.2. The number of hydrogen-bond donors (Lipinski definition) is 2. The molecule has 0 aromatic heterocycles. The molecule has 0 fully saturated rings. The van der Waals surface area contributed by atoms with Gasteiger partial charge in [-0.2, -0.15) is 0 Å². The molecule has 1 rings (SSSR count). The fraction of sp³-hybridized carbons (Fsp3) is 0.308. The number of nitrogens with one attached hydrogen (secondary N) is 1. The van der Waals surface area contributed by atoms with Crippen LogP contribution in [0.2, 0.25) is 0 Å². The largest absolute Gasteiger partial charge is 0.399 e. The first-order valence-corrected chi connectivity index (χ1v) is 6.16. The van der Waals surface area contributed by atoms with E-state index in [0.29, 0.717) is 5.69 Å². The van der Waals surface area contributed by atoms with Crippen molar-refractivity contribution in [1.29, 1.82) is 0 Å². The van der Waals surface area contributed by atoms with Crippen molar-refractivity contribution in [2.24, 2.45) is 0 Å². The lowest BCUT2D eigenvalue weighted by molar-refractivity contribution is -0.120. The van der Waals surface area contributed by atoms with Crippen molar-refractivity contribution in [3.05, 3.63) is 23.8 Å². The van der Waals surface area contributed by atoms with E-state index in [4.69, 9.17) is 12.2 Å². The number of nitrogen functional groups attached to an aromatic ring is 1. The molecule has 0 aliphatic heterocycles. The Bertz CT molecular complexity index is 451. The molecule has 0 spiro atoms. The molecule has 0 bridgehead atoms. The van der Waals surface area contributed by atoms with E-state index in [1.165, 1.54) is 11.8 Å². The molecule has 1 aromatic rings. The van der Waals surface area contributed by atoms with Gasteiger partial charge in [0, 0.05) is 10.6 Å². The molecule has 0 saturated carbocycles. The lowest BCUT2D eigenvalue weighted by Gasteiger charge is -2.12. The van der Waals surface area contributed by atoms with E-state index in [1.54, 1.807) is 0 Å². The van der Waals surface area contributed by atoms with E-state index in [0.717, 1.165) is 10.5 Å². The predicted octanol–water partition coefficient (Wildman–Crippen LogP) is 1.81. The molecule has 4 heteroatoms. The number of rotatable bonds is 4. The molecule has 90 valence electrons. The third-order valence-corrected chi connectivity index (χ3v) is 3.51. The van der Waals surface area contributed by atoms with Crippen LogP contribution in [0.1, 0.15) is 12.5 Å². The minimum absolute atomic E-state index is 0.0604. The average molecular weight is 248 g/mol. The standard InChI is InChI=1S/C13H16N2OS/c1-4-7-15-13(16)10(3)17-12-8-11(14)6-5-9(12)2/h1,5-6,8,10H,7,14H2,2-3H3,(H,15,16). The second kappa shape index (κ2) is 6.21. The molecule has 0 radical (unpaired) electrons. The highest BCUT2D eigenvalue weighted by molar-refractivity contribution is 8.00. The molecule has 0 saturated heterocycles. The number of benzene rings is 1. The molecule has 3 N–H and O–H groups in total. The van der Waals surface area contributed by atoms with Crippen molar-refractivity contribution in [3.63, 3.8) is 0 Å². The second-order valence-corrected chi connectivity index (χ2v) is 5.09. The monoisotopic (exact) mass is 248 g/mol. The van der Waals surface area contributed by atoms with Gasteiger partial charge in [-0.05, 0) is 31.5 Å². The third kappa shape index (κ3) is 4.04. The van der Waals surface area contributed by atoms with Gasteiger partial charge in [-0.3, -0.25) is 4.79 Å². The van der Waals surface area contributed by atoms with Crippen LogP contribution in [0.15, 0.2) is 23.1 Å². The van der Waals surface area contributed by atoms with Gasteiger partial charge in [0.2, 0.25) is 5.91 Å². The zero-order chi connectivity index (χ0) is 12.8. The fourth-order valence-corrected chi connectivity index (χ4v) is 2.30. The lowest BCUT2D eigenvalue weighted by atomic mass is 10.2. The van der Waals surface area contributed by atoms with Crippen LogP contribution in [0.25, 0.3) is 0 Å². The number of aryl methyl sites for hydroxylation is 1. The zero-order valence-corrected chi connectivity index (χ0v) is 10.8. The Hall–Kier alpha value is -1.60. The van der Waals surface area contributed by atoms with Crippen LogP contribution < -0.4 is 11.1 Å². The maximum atomic E-state index is 11.6. The van der Waals surface area contributed by atoms with Gasteiger partial charge < -0.3 is 11.1 Å². The summed E-state index contributed by atoms with van der Waals surface area (Å²) in [5.41, 5.74) is 7.53. The van der Waals surface area contributed by atoms with Gasteiger partial charge in [-0.15, -0.1) is 18.2 Å². The van der Waals surface area contributed by atoms with Crippen molar-refractivity contribution < 1.29 is 4.79 Å². The molecule has 0 heterocycles. The summed E-state index contributed by atoms with van der Waals surface area (Å²) in [5.74, 6) is 2.32. The van der Waals surface area contributed by atoms with Crippen molar-refractivity contribution >= 4 is 23.4 Å². The van der Waals surface area contributed by atoms with Gasteiger partial charge in [0.15, 0.2) is 0 Å².